The lowest BCUT2D eigenvalue weighted by Gasteiger charge is -2.36. The van der Waals surface area contributed by atoms with E-state index in [-0.39, 0.29) is 11.3 Å². The summed E-state index contributed by atoms with van der Waals surface area (Å²) in [4.78, 5) is 10.7. The van der Waals surface area contributed by atoms with Crippen LogP contribution in [-0.2, 0) is 4.79 Å². The van der Waals surface area contributed by atoms with Gasteiger partial charge in [0.1, 0.15) is 6.29 Å². The van der Waals surface area contributed by atoms with Crippen molar-refractivity contribution < 1.29 is 4.79 Å². The maximum absolute atomic E-state index is 10.7. The maximum atomic E-state index is 10.7. The zero-order chi connectivity index (χ0) is 10.6. The highest BCUT2D eigenvalue weighted by molar-refractivity contribution is 5.57. The van der Waals surface area contributed by atoms with Crippen molar-refractivity contribution in [1.29, 1.82) is 0 Å². The molecule has 0 saturated carbocycles. The van der Waals surface area contributed by atoms with E-state index in [2.05, 4.69) is 32.9 Å². The highest BCUT2D eigenvalue weighted by Gasteiger charge is 2.31. The van der Waals surface area contributed by atoms with Crippen molar-refractivity contribution in [3.8, 4) is 0 Å². The second-order valence-corrected chi connectivity index (χ2v) is 5.06. The number of allylic oxidation sites excluding steroid dienone is 2. The smallest absolute Gasteiger partial charge is 0.126 e. The van der Waals surface area contributed by atoms with Crippen molar-refractivity contribution in [1.82, 2.24) is 0 Å². The minimum absolute atomic E-state index is 0.171. The van der Waals surface area contributed by atoms with Gasteiger partial charge in [-0.1, -0.05) is 45.8 Å². The predicted molar refractivity (Wildman–Crippen MR) is 60.1 cm³/mol. The third-order valence-corrected chi connectivity index (χ3v) is 3.46. The molecule has 1 heteroatoms. The lowest BCUT2D eigenvalue weighted by atomic mass is 9.68. The SMILES string of the molecule is CCCCC1CC(C=O)C=CC1(C)C. The van der Waals surface area contributed by atoms with E-state index in [1.807, 2.05) is 0 Å². The van der Waals surface area contributed by atoms with E-state index in [1.165, 1.54) is 19.3 Å². The first kappa shape index (κ1) is 11.5. The molecule has 1 nitrogen and oxygen atoms in total. The van der Waals surface area contributed by atoms with Crippen LogP contribution in [0, 0.1) is 17.3 Å². The Bertz CT molecular complexity index is 215. The van der Waals surface area contributed by atoms with E-state index < -0.39 is 0 Å². The first-order valence-electron chi connectivity index (χ1n) is 5.74. The number of carbonyl (C=O) groups excluding carboxylic acids is 1. The molecule has 2 unspecified atom stereocenters. The molecule has 1 aliphatic rings. The Kier molecular flexibility index (Phi) is 3.91. The zero-order valence-corrected chi connectivity index (χ0v) is 9.62. The van der Waals surface area contributed by atoms with Crippen LogP contribution in [0.1, 0.15) is 46.5 Å². The Morgan fingerprint density at radius 1 is 1.50 bits per heavy atom. The van der Waals surface area contributed by atoms with Gasteiger partial charge in [-0.25, -0.2) is 0 Å². The monoisotopic (exact) mass is 194 g/mol. The topological polar surface area (TPSA) is 17.1 Å². The van der Waals surface area contributed by atoms with Gasteiger partial charge in [-0.15, -0.1) is 0 Å². The molecule has 0 aromatic rings. The lowest BCUT2D eigenvalue weighted by molar-refractivity contribution is -0.110. The van der Waals surface area contributed by atoms with Crippen LogP contribution in [0.25, 0.3) is 0 Å². The Morgan fingerprint density at radius 2 is 2.21 bits per heavy atom. The normalized spacial score (nSPS) is 30.2. The van der Waals surface area contributed by atoms with Crippen LogP contribution in [0.2, 0.25) is 0 Å². The van der Waals surface area contributed by atoms with Gasteiger partial charge in [0.15, 0.2) is 0 Å². The first-order chi connectivity index (χ1) is 6.60. The van der Waals surface area contributed by atoms with Gasteiger partial charge in [0, 0.05) is 5.92 Å². The number of aldehydes is 1. The van der Waals surface area contributed by atoms with E-state index in [0.717, 1.165) is 12.7 Å². The Labute approximate surface area is 87.6 Å². The average Bonchev–Trinajstić information content (AvgIpc) is 2.16. The molecule has 0 heterocycles. The van der Waals surface area contributed by atoms with E-state index in [1.54, 1.807) is 0 Å². The molecule has 80 valence electrons. The summed E-state index contributed by atoms with van der Waals surface area (Å²) in [5, 5.41) is 0. The highest BCUT2D eigenvalue weighted by atomic mass is 16.1. The van der Waals surface area contributed by atoms with E-state index in [4.69, 9.17) is 0 Å². The molecule has 0 amide bonds. The van der Waals surface area contributed by atoms with Crippen LogP contribution in [0.5, 0.6) is 0 Å². The lowest BCUT2D eigenvalue weighted by Crippen LogP contribution is -2.28. The Morgan fingerprint density at radius 3 is 2.79 bits per heavy atom. The summed E-state index contributed by atoms with van der Waals surface area (Å²) < 4.78 is 0. The molecule has 14 heavy (non-hydrogen) atoms. The van der Waals surface area contributed by atoms with Gasteiger partial charge in [-0.05, 0) is 24.2 Å². The molecule has 0 spiro atoms. The van der Waals surface area contributed by atoms with Crippen LogP contribution in [-0.4, -0.2) is 6.29 Å². The molecule has 1 rings (SSSR count). The molecule has 0 aliphatic heterocycles. The summed E-state index contributed by atoms with van der Waals surface area (Å²) in [5.74, 6) is 0.854. The highest BCUT2D eigenvalue weighted by Crippen LogP contribution is 2.40. The van der Waals surface area contributed by atoms with E-state index in [9.17, 15) is 4.79 Å². The summed E-state index contributed by atoms with van der Waals surface area (Å²) in [5.41, 5.74) is 0.286. The predicted octanol–water partition coefficient (Wildman–Crippen LogP) is 3.59. The number of hydrogen-bond acceptors (Lipinski definition) is 1. The molecular weight excluding hydrogens is 172 g/mol. The molecule has 2 atom stereocenters. The molecule has 0 bridgehead atoms. The second-order valence-electron chi connectivity index (χ2n) is 5.06. The molecule has 0 aromatic carbocycles. The van der Waals surface area contributed by atoms with Crippen molar-refractivity contribution in [3.05, 3.63) is 12.2 Å². The zero-order valence-electron chi connectivity index (χ0n) is 9.62. The van der Waals surface area contributed by atoms with E-state index in [0.29, 0.717) is 5.92 Å². The molecule has 0 saturated heterocycles. The summed E-state index contributed by atoms with van der Waals surface area (Å²) in [6.07, 6.45) is 10.2. The van der Waals surface area contributed by atoms with Crippen LogP contribution < -0.4 is 0 Å². The summed E-state index contributed by atoms with van der Waals surface area (Å²) in [6.45, 7) is 6.79. The van der Waals surface area contributed by atoms with Crippen LogP contribution >= 0.6 is 0 Å². The summed E-state index contributed by atoms with van der Waals surface area (Å²) in [6, 6.07) is 0. The fourth-order valence-electron chi connectivity index (χ4n) is 2.26. The van der Waals surface area contributed by atoms with Gasteiger partial charge in [-0.3, -0.25) is 0 Å². The molecule has 0 aromatic heterocycles. The minimum Gasteiger partial charge on any atom is -0.303 e. The van der Waals surface area contributed by atoms with Crippen molar-refractivity contribution in [3.63, 3.8) is 0 Å². The van der Waals surface area contributed by atoms with Crippen LogP contribution in [0.3, 0.4) is 0 Å². The van der Waals surface area contributed by atoms with Crippen molar-refractivity contribution in [2.24, 2.45) is 17.3 Å². The van der Waals surface area contributed by atoms with Crippen molar-refractivity contribution in [2.45, 2.75) is 46.5 Å². The first-order valence-corrected chi connectivity index (χ1v) is 5.74. The fourth-order valence-corrected chi connectivity index (χ4v) is 2.26. The van der Waals surface area contributed by atoms with Crippen molar-refractivity contribution in [2.75, 3.05) is 0 Å². The second kappa shape index (κ2) is 4.77. The minimum atomic E-state index is 0.171. The van der Waals surface area contributed by atoms with Gasteiger partial charge in [-0.2, -0.15) is 0 Å². The summed E-state index contributed by atoms with van der Waals surface area (Å²) in [7, 11) is 0. The van der Waals surface area contributed by atoms with Gasteiger partial charge < -0.3 is 4.79 Å². The number of hydrogen-bond donors (Lipinski definition) is 0. The number of carbonyl (C=O) groups is 1. The van der Waals surface area contributed by atoms with Gasteiger partial charge in [0.05, 0.1) is 0 Å². The Balaban J connectivity index is 2.62. The average molecular weight is 194 g/mol. The largest absolute Gasteiger partial charge is 0.303 e. The van der Waals surface area contributed by atoms with Gasteiger partial charge >= 0.3 is 0 Å². The molecule has 0 N–H and O–H groups in total. The van der Waals surface area contributed by atoms with Crippen molar-refractivity contribution >= 4 is 6.29 Å². The third kappa shape index (κ3) is 2.70. The standard InChI is InChI=1S/C13H22O/c1-4-5-6-12-9-11(10-14)7-8-13(12,2)3/h7-8,10-12H,4-6,9H2,1-3H3. The maximum Gasteiger partial charge on any atom is 0.126 e. The van der Waals surface area contributed by atoms with Crippen LogP contribution in [0.15, 0.2) is 12.2 Å². The number of unbranched alkanes of at least 4 members (excludes halogenated alkanes) is 1. The third-order valence-electron chi connectivity index (χ3n) is 3.46. The summed E-state index contributed by atoms with van der Waals surface area (Å²) >= 11 is 0. The van der Waals surface area contributed by atoms with Gasteiger partial charge in [0.2, 0.25) is 0 Å². The molecule has 0 fully saturated rings. The Hall–Kier alpha value is -0.590. The van der Waals surface area contributed by atoms with E-state index >= 15 is 0 Å². The molecule has 1 aliphatic carbocycles. The molecular formula is C13H22O. The van der Waals surface area contributed by atoms with Crippen LogP contribution in [0.4, 0.5) is 0 Å². The quantitative estimate of drug-likeness (QED) is 0.493. The number of rotatable bonds is 4. The van der Waals surface area contributed by atoms with Gasteiger partial charge in [0.25, 0.3) is 0 Å². The molecule has 0 radical (unpaired) electrons. The fraction of sp³-hybridized carbons (Fsp3) is 0.769.